The van der Waals surface area contributed by atoms with E-state index >= 15 is 0 Å². The molecule has 2 rings (SSSR count). The third kappa shape index (κ3) is 3.71. The number of hydrogen-bond donors (Lipinski definition) is 1. The third-order valence-electron chi connectivity index (χ3n) is 3.12. The number of amides is 1. The molecule has 20 heavy (non-hydrogen) atoms. The van der Waals surface area contributed by atoms with Crippen molar-refractivity contribution in [2.45, 2.75) is 19.3 Å². The normalized spacial score (nSPS) is 11.4. The van der Waals surface area contributed by atoms with Gasteiger partial charge in [-0.05, 0) is 45.1 Å². The maximum absolute atomic E-state index is 12.1. The standard InChI is InChI=1S/C15H15Br2NOS/c1-15(2,10-4-3-5-11(16)8-10)9-18-14(19)13-12(17)6-7-20-13/h3-8H,9H2,1-2H3,(H,18,19). The van der Waals surface area contributed by atoms with Gasteiger partial charge in [0, 0.05) is 20.9 Å². The van der Waals surface area contributed by atoms with Gasteiger partial charge in [-0.3, -0.25) is 4.79 Å². The molecule has 0 radical (unpaired) electrons. The van der Waals surface area contributed by atoms with Crippen LogP contribution in [0.25, 0.3) is 0 Å². The third-order valence-corrected chi connectivity index (χ3v) is 5.45. The van der Waals surface area contributed by atoms with Crippen molar-refractivity contribution in [3.8, 4) is 0 Å². The molecule has 0 fully saturated rings. The van der Waals surface area contributed by atoms with Gasteiger partial charge in [-0.15, -0.1) is 11.3 Å². The number of benzene rings is 1. The number of nitrogens with one attached hydrogen (secondary N) is 1. The zero-order valence-electron chi connectivity index (χ0n) is 11.2. The highest BCUT2D eigenvalue weighted by Gasteiger charge is 2.22. The summed E-state index contributed by atoms with van der Waals surface area (Å²) in [5.74, 6) is -0.0325. The van der Waals surface area contributed by atoms with Crippen LogP contribution in [0.5, 0.6) is 0 Å². The molecule has 1 aromatic heterocycles. The Labute approximate surface area is 139 Å². The number of carbonyl (C=O) groups is 1. The summed E-state index contributed by atoms with van der Waals surface area (Å²) >= 11 is 8.31. The summed E-state index contributed by atoms with van der Waals surface area (Å²) in [6, 6.07) is 10.1. The second-order valence-corrected chi connectivity index (χ2v) is 7.86. The topological polar surface area (TPSA) is 29.1 Å². The summed E-state index contributed by atoms with van der Waals surface area (Å²) in [5.41, 5.74) is 1.07. The van der Waals surface area contributed by atoms with Crippen molar-refractivity contribution in [2.75, 3.05) is 6.54 Å². The fourth-order valence-electron chi connectivity index (χ4n) is 1.85. The fraction of sp³-hybridized carbons (Fsp3) is 0.267. The van der Waals surface area contributed by atoms with E-state index in [1.807, 2.05) is 23.6 Å². The number of halogens is 2. The van der Waals surface area contributed by atoms with Crippen LogP contribution in [0.4, 0.5) is 0 Å². The van der Waals surface area contributed by atoms with Gasteiger partial charge in [0.25, 0.3) is 5.91 Å². The lowest BCUT2D eigenvalue weighted by Gasteiger charge is -2.25. The highest BCUT2D eigenvalue weighted by Crippen LogP contribution is 2.26. The fourth-order valence-corrected chi connectivity index (χ4v) is 3.72. The van der Waals surface area contributed by atoms with Crippen molar-refractivity contribution in [1.82, 2.24) is 5.32 Å². The number of rotatable bonds is 4. The van der Waals surface area contributed by atoms with Gasteiger partial charge in [0.15, 0.2) is 0 Å². The minimum Gasteiger partial charge on any atom is -0.350 e. The smallest absolute Gasteiger partial charge is 0.262 e. The molecule has 0 spiro atoms. The first-order chi connectivity index (χ1) is 9.40. The molecule has 1 N–H and O–H groups in total. The average molecular weight is 417 g/mol. The van der Waals surface area contributed by atoms with Crippen LogP contribution >= 0.6 is 43.2 Å². The Morgan fingerprint density at radius 3 is 2.65 bits per heavy atom. The number of hydrogen-bond acceptors (Lipinski definition) is 2. The van der Waals surface area contributed by atoms with Gasteiger partial charge >= 0.3 is 0 Å². The molecule has 0 unspecified atom stereocenters. The van der Waals surface area contributed by atoms with Crippen molar-refractivity contribution < 1.29 is 4.79 Å². The summed E-state index contributed by atoms with van der Waals surface area (Å²) in [7, 11) is 0. The summed E-state index contributed by atoms with van der Waals surface area (Å²) in [4.78, 5) is 12.8. The van der Waals surface area contributed by atoms with Crippen LogP contribution in [0, 0.1) is 0 Å². The van der Waals surface area contributed by atoms with E-state index in [0.29, 0.717) is 6.54 Å². The van der Waals surface area contributed by atoms with Crippen molar-refractivity contribution in [1.29, 1.82) is 0 Å². The second-order valence-electron chi connectivity index (χ2n) is 5.17. The Hall–Kier alpha value is -0.650. The first-order valence-corrected chi connectivity index (χ1v) is 8.64. The molecule has 0 atom stereocenters. The van der Waals surface area contributed by atoms with E-state index in [1.54, 1.807) is 0 Å². The van der Waals surface area contributed by atoms with Crippen molar-refractivity contribution in [3.63, 3.8) is 0 Å². The lowest BCUT2D eigenvalue weighted by molar-refractivity contribution is 0.0949. The maximum Gasteiger partial charge on any atom is 0.262 e. The maximum atomic E-state index is 12.1. The Kier molecular flexibility index (Phi) is 5.04. The molecule has 2 aromatic rings. The average Bonchev–Trinajstić information content (AvgIpc) is 2.82. The van der Waals surface area contributed by atoms with Crippen LogP contribution in [0.1, 0.15) is 29.1 Å². The summed E-state index contributed by atoms with van der Waals surface area (Å²) < 4.78 is 1.90. The Balaban J connectivity index is 2.06. The molecule has 1 heterocycles. The van der Waals surface area contributed by atoms with E-state index < -0.39 is 0 Å². The molecule has 0 aliphatic carbocycles. The molecule has 0 saturated carbocycles. The van der Waals surface area contributed by atoms with E-state index in [9.17, 15) is 4.79 Å². The monoisotopic (exact) mass is 415 g/mol. The first-order valence-electron chi connectivity index (χ1n) is 6.17. The van der Waals surface area contributed by atoms with Crippen LogP contribution in [-0.4, -0.2) is 12.5 Å². The lowest BCUT2D eigenvalue weighted by atomic mass is 9.84. The molecular weight excluding hydrogens is 402 g/mol. The van der Waals surface area contributed by atoms with E-state index in [-0.39, 0.29) is 11.3 Å². The van der Waals surface area contributed by atoms with Gasteiger partial charge in [0.1, 0.15) is 4.88 Å². The van der Waals surface area contributed by atoms with Crippen LogP contribution in [0.15, 0.2) is 44.7 Å². The predicted octanol–water partition coefficient (Wildman–Crippen LogP) is 4.98. The van der Waals surface area contributed by atoms with Crippen LogP contribution in [0.2, 0.25) is 0 Å². The highest BCUT2D eigenvalue weighted by molar-refractivity contribution is 9.10. The second kappa shape index (κ2) is 6.41. The summed E-state index contributed by atoms with van der Waals surface area (Å²) in [6.45, 7) is 4.84. The van der Waals surface area contributed by atoms with Gasteiger partial charge in [0.2, 0.25) is 0 Å². The van der Waals surface area contributed by atoms with Crippen LogP contribution in [0.3, 0.4) is 0 Å². The van der Waals surface area contributed by atoms with Gasteiger partial charge < -0.3 is 5.32 Å². The summed E-state index contributed by atoms with van der Waals surface area (Å²) in [5, 5.41) is 4.91. The van der Waals surface area contributed by atoms with Crippen molar-refractivity contribution in [3.05, 3.63) is 55.1 Å². The molecule has 0 aliphatic heterocycles. The number of thiophene rings is 1. The van der Waals surface area contributed by atoms with Crippen molar-refractivity contribution in [2.24, 2.45) is 0 Å². The molecule has 0 saturated heterocycles. The molecule has 0 bridgehead atoms. The Morgan fingerprint density at radius 1 is 1.30 bits per heavy atom. The van der Waals surface area contributed by atoms with E-state index in [4.69, 9.17) is 0 Å². The molecular formula is C15H15Br2NOS. The first kappa shape index (κ1) is 15.7. The van der Waals surface area contributed by atoms with E-state index in [0.717, 1.165) is 13.8 Å². The molecule has 5 heteroatoms. The summed E-state index contributed by atoms with van der Waals surface area (Å²) in [6.07, 6.45) is 0. The van der Waals surface area contributed by atoms with Crippen LogP contribution < -0.4 is 5.32 Å². The molecule has 1 aromatic carbocycles. The van der Waals surface area contributed by atoms with Crippen molar-refractivity contribution >= 4 is 49.1 Å². The van der Waals surface area contributed by atoms with Gasteiger partial charge in [-0.2, -0.15) is 0 Å². The largest absolute Gasteiger partial charge is 0.350 e. The highest BCUT2D eigenvalue weighted by atomic mass is 79.9. The van der Waals surface area contributed by atoms with Gasteiger partial charge in [-0.25, -0.2) is 0 Å². The van der Waals surface area contributed by atoms with Gasteiger partial charge in [0.05, 0.1) is 0 Å². The molecule has 2 nitrogen and oxygen atoms in total. The van der Waals surface area contributed by atoms with Crippen LogP contribution in [-0.2, 0) is 5.41 Å². The Bertz CT molecular complexity index is 622. The minimum atomic E-state index is -0.122. The minimum absolute atomic E-state index is 0.0325. The SMILES string of the molecule is CC(C)(CNC(=O)c1sccc1Br)c1cccc(Br)c1. The number of carbonyl (C=O) groups excluding carboxylic acids is 1. The molecule has 0 aliphatic rings. The zero-order chi connectivity index (χ0) is 14.8. The van der Waals surface area contributed by atoms with E-state index in [1.165, 1.54) is 16.9 Å². The van der Waals surface area contributed by atoms with E-state index in [2.05, 4.69) is 63.2 Å². The quantitative estimate of drug-likeness (QED) is 0.747. The lowest BCUT2D eigenvalue weighted by Crippen LogP contribution is -2.36. The molecule has 106 valence electrons. The Morgan fingerprint density at radius 2 is 2.05 bits per heavy atom. The molecule has 1 amide bonds. The van der Waals surface area contributed by atoms with Gasteiger partial charge in [-0.1, -0.05) is 41.9 Å². The predicted molar refractivity (Wildman–Crippen MR) is 91.5 cm³/mol. The zero-order valence-corrected chi connectivity index (χ0v) is 15.2.